The number of rotatable bonds is 2. The Kier molecular flexibility index (Phi) is 4.92. The maximum absolute atomic E-state index is 9.62. The summed E-state index contributed by atoms with van der Waals surface area (Å²) < 4.78 is 0. The predicted molar refractivity (Wildman–Crippen MR) is 85.5 cm³/mol. The van der Waals surface area contributed by atoms with Crippen LogP contribution in [0.2, 0.25) is 5.02 Å². The molecule has 0 bridgehead atoms. The Morgan fingerprint density at radius 3 is 2.75 bits per heavy atom. The molecule has 20 heavy (non-hydrogen) atoms. The number of hydrogen-bond acceptors (Lipinski definition) is 3. The molecule has 0 spiro atoms. The highest BCUT2D eigenvalue weighted by Gasteiger charge is 2.25. The molecule has 110 valence electrons. The largest absolute Gasteiger partial charge is 0.393 e. The van der Waals surface area contributed by atoms with Crippen LogP contribution in [0.4, 0.5) is 0 Å². The number of thioether (sulfide) groups is 1. The van der Waals surface area contributed by atoms with Gasteiger partial charge in [-0.3, -0.25) is 0 Å². The molecule has 3 rings (SSSR count). The average molecular weight is 312 g/mol. The van der Waals surface area contributed by atoms with Crippen LogP contribution in [-0.4, -0.2) is 23.0 Å². The second-order valence-electron chi connectivity index (χ2n) is 5.90. The quantitative estimate of drug-likeness (QED) is 0.860. The zero-order valence-electron chi connectivity index (χ0n) is 11.6. The molecule has 1 aliphatic heterocycles. The van der Waals surface area contributed by atoms with Gasteiger partial charge in [-0.1, -0.05) is 11.6 Å². The van der Waals surface area contributed by atoms with Gasteiger partial charge in [-0.2, -0.15) is 0 Å². The Balaban J connectivity index is 1.74. The van der Waals surface area contributed by atoms with Crippen molar-refractivity contribution >= 4 is 23.4 Å². The number of fused-ring (bicyclic) bond motifs is 1. The molecule has 0 radical (unpaired) electrons. The summed E-state index contributed by atoms with van der Waals surface area (Å²) in [7, 11) is 0. The first kappa shape index (κ1) is 14.7. The van der Waals surface area contributed by atoms with E-state index < -0.39 is 0 Å². The Morgan fingerprint density at radius 1 is 1.15 bits per heavy atom. The zero-order valence-corrected chi connectivity index (χ0v) is 13.2. The molecule has 1 fully saturated rings. The van der Waals surface area contributed by atoms with Gasteiger partial charge in [0.2, 0.25) is 0 Å². The van der Waals surface area contributed by atoms with Crippen molar-refractivity contribution in [2.45, 2.75) is 61.6 Å². The molecule has 2 N–H and O–H groups in total. The fraction of sp³-hybridized carbons (Fsp3) is 0.625. The van der Waals surface area contributed by atoms with Crippen molar-refractivity contribution in [2.75, 3.05) is 5.75 Å². The number of halogens is 1. The Bertz CT molecular complexity index is 460. The minimum Gasteiger partial charge on any atom is -0.393 e. The highest BCUT2D eigenvalue weighted by molar-refractivity contribution is 7.99. The van der Waals surface area contributed by atoms with E-state index >= 15 is 0 Å². The summed E-state index contributed by atoms with van der Waals surface area (Å²) in [6, 6.07) is 7.24. The molecule has 4 heteroatoms. The standard InChI is InChI=1S/C16H22ClNOS/c17-11-3-8-16-14(10-11)15(2-1-9-20-16)18-12-4-6-13(19)7-5-12/h3,8,10,12-13,15,18-19H,1-2,4-7,9H2. The summed E-state index contributed by atoms with van der Waals surface area (Å²) in [5, 5.41) is 14.3. The van der Waals surface area contributed by atoms with Crippen LogP contribution in [0.25, 0.3) is 0 Å². The van der Waals surface area contributed by atoms with Gasteiger partial charge in [-0.05, 0) is 68.0 Å². The van der Waals surface area contributed by atoms with Crippen LogP contribution >= 0.6 is 23.4 Å². The van der Waals surface area contributed by atoms with Crippen molar-refractivity contribution in [2.24, 2.45) is 0 Å². The van der Waals surface area contributed by atoms with E-state index in [9.17, 15) is 5.11 Å². The normalized spacial score (nSPS) is 30.6. The molecule has 2 nitrogen and oxygen atoms in total. The van der Waals surface area contributed by atoms with Crippen LogP contribution in [0, 0.1) is 0 Å². The maximum Gasteiger partial charge on any atom is 0.0541 e. The van der Waals surface area contributed by atoms with E-state index in [1.54, 1.807) is 0 Å². The van der Waals surface area contributed by atoms with E-state index in [0.717, 1.165) is 30.7 Å². The van der Waals surface area contributed by atoms with E-state index in [1.807, 2.05) is 17.8 Å². The van der Waals surface area contributed by atoms with Crippen LogP contribution < -0.4 is 5.32 Å². The molecule has 2 aliphatic rings. The molecule has 0 amide bonds. The third-order valence-electron chi connectivity index (χ3n) is 4.38. The van der Waals surface area contributed by atoms with Gasteiger partial charge in [-0.15, -0.1) is 11.8 Å². The Labute approximate surface area is 130 Å². The molecular weight excluding hydrogens is 290 g/mol. The average Bonchev–Trinajstić information content (AvgIpc) is 2.64. The minimum atomic E-state index is -0.0838. The van der Waals surface area contributed by atoms with Crippen LogP contribution in [0.3, 0.4) is 0 Å². The van der Waals surface area contributed by atoms with Gasteiger partial charge < -0.3 is 10.4 Å². The van der Waals surface area contributed by atoms with E-state index in [1.165, 1.54) is 29.1 Å². The van der Waals surface area contributed by atoms with Gasteiger partial charge in [0, 0.05) is 22.0 Å². The van der Waals surface area contributed by atoms with Crippen molar-refractivity contribution in [3.8, 4) is 0 Å². The van der Waals surface area contributed by atoms with Gasteiger partial charge in [-0.25, -0.2) is 0 Å². The molecular formula is C16H22ClNOS. The third-order valence-corrected chi connectivity index (χ3v) is 5.79. The van der Waals surface area contributed by atoms with Crippen molar-refractivity contribution in [3.05, 3.63) is 28.8 Å². The van der Waals surface area contributed by atoms with Crippen LogP contribution in [0.1, 0.15) is 50.1 Å². The highest BCUT2D eigenvalue weighted by atomic mass is 35.5. The number of aliphatic hydroxyl groups is 1. The van der Waals surface area contributed by atoms with Crippen LogP contribution in [0.5, 0.6) is 0 Å². The van der Waals surface area contributed by atoms with Crippen molar-refractivity contribution in [1.29, 1.82) is 0 Å². The summed E-state index contributed by atoms with van der Waals surface area (Å²) in [5.41, 5.74) is 1.37. The summed E-state index contributed by atoms with van der Waals surface area (Å²) in [5.74, 6) is 1.19. The smallest absolute Gasteiger partial charge is 0.0541 e. The second-order valence-corrected chi connectivity index (χ2v) is 7.47. The van der Waals surface area contributed by atoms with Gasteiger partial charge in [0.25, 0.3) is 0 Å². The molecule has 1 saturated carbocycles. The Morgan fingerprint density at radius 2 is 1.95 bits per heavy atom. The zero-order chi connectivity index (χ0) is 13.9. The number of aliphatic hydroxyl groups excluding tert-OH is 1. The summed E-state index contributed by atoms with van der Waals surface area (Å²) in [6.45, 7) is 0. The molecule has 0 saturated heterocycles. The van der Waals surface area contributed by atoms with E-state index in [-0.39, 0.29) is 6.10 Å². The molecule has 1 aromatic carbocycles. The van der Waals surface area contributed by atoms with Crippen LogP contribution in [-0.2, 0) is 0 Å². The first-order chi connectivity index (χ1) is 9.72. The fourth-order valence-electron chi connectivity index (χ4n) is 3.25. The lowest BCUT2D eigenvalue weighted by Gasteiger charge is -2.30. The maximum atomic E-state index is 9.62. The fourth-order valence-corrected chi connectivity index (χ4v) is 4.49. The third kappa shape index (κ3) is 3.51. The monoisotopic (exact) mass is 311 g/mol. The van der Waals surface area contributed by atoms with Crippen molar-refractivity contribution in [3.63, 3.8) is 0 Å². The topological polar surface area (TPSA) is 32.3 Å². The summed E-state index contributed by atoms with van der Waals surface area (Å²) >= 11 is 8.13. The number of hydrogen-bond donors (Lipinski definition) is 2. The van der Waals surface area contributed by atoms with Gasteiger partial charge >= 0.3 is 0 Å². The molecule has 1 unspecified atom stereocenters. The van der Waals surface area contributed by atoms with Crippen molar-refractivity contribution in [1.82, 2.24) is 5.32 Å². The van der Waals surface area contributed by atoms with Crippen molar-refractivity contribution < 1.29 is 5.11 Å². The summed E-state index contributed by atoms with van der Waals surface area (Å²) in [6.07, 6.45) is 6.37. The molecule has 0 aromatic heterocycles. The first-order valence-corrected chi connectivity index (χ1v) is 8.95. The number of benzene rings is 1. The van der Waals surface area contributed by atoms with Crippen LogP contribution in [0.15, 0.2) is 23.1 Å². The lowest BCUT2D eigenvalue weighted by molar-refractivity contribution is 0.113. The SMILES string of the molecule is OC1CCC(NC2CCCSc3ccc(Cl)cc32)CC1. The van der Waals surface area contributed by atoms with E-state index in [0.29, 0.717) is 12.1 Å². The van der Waals surface area contributed by atoms with Gasteiger partial charge in [0.05, 0.1) is 6.10 Å². The predicted octanol–water partition coefficient (Wildman–Crippen LogP) is 4.16. The highest BCUT2D eigenvalue weighted by Crippen LogP contribution is 2.37. The summed E-state index contributed by atoms with van der Waals surface area (Å²) in [4.78, 5) is 1.38. The van der Waals surface area contributed by atoms with Gasteiger partial charge in [0.15, 0.2) is 0 Å². The lowest BCUT2D eigenvalue weighted by Crippen LogP contribution is -2.37. The Hall–Kier alpha value is -0.220. The lowest BCUT2D eigenvalue weighted by atomic mass is 9.91. The van der Waals surface area contributed by atoms with Gasteiger partial charge in [0.1, 0.15) is 0 Å². The first-order valence-electron chi connectivity index (χ1n) is 7.59. The minimum absolute atomic E-state index is 0.0838. The van der Waals surface area contributed by atoms with E-state index in [2.05, 4.69) is 17.4 Å². The second kappa shape index (κ2) is 6.69. The molecule has 1 aliphatic carbocycles. The molecule has 1 atom stereocenters. The van der Waals surface area contributed by atoms with E-state index in [4.69, 9.17) is 11.6 Å². The molecule has 1 heterocycles. The molecule has 1 aromatic rings. The number of nitrogens with one attached hydrogen (secondary N) is 1.